The number of carbonyl (C=O) groups is 1. The van der Waals surface area contributed by atoms with Crippen molar-refractivity contribution >= 4 is 11.6 Å². The monoisotopic (exact) mass is 344 g/mol. The van der Waals surface area contributed by atoms with E-state index in [0.717, 1.165) is 19.3 Å². The molecule has 25 heavy (non-hydrogen) atoms. The van der Waals surface area contributed by atoms with Crippen LogP contribution < -0.4 is 10.1 Å². The van der Waals surface area contributed by atoms with Crippen molar-refractivity contribution in [3.05, 3.63) is 23.8 Å². The molecule has 0 aliphatic heterocycles. The van der Waals surface area contributed by atoms with E-state index >= 15 is 0 Å². The normalized spacial score (nSPS) is 24.2. The molecule has 0 heterocycles. The molecular formula is C20H28N2O3. The smallest absolute Gasteiger partial charge is 0.256 e. The Morgan fingerprint density at radius 3 is 2.88 bits per heavy atom. The third-order valence-electron chi connectivity index (χ3n) is 5.03. The lowest BCUT2D eigenvalue weighted by atomic mass is 9.78. The number of anilines is 1. The average Bonchev–Trinajstić information content (AvgIpc) is 2.62. The van der Waals surface area contributed by atoms with Gasteiger partial charge in [-0.1, -0.05) is 20.3 Å². The zero-order valence-electron chi connectivity index (χ0n) is 15.6. The fraction of sp³-hybridized carbons (Fsp3) is 0.600. The zero-order chi connectivity index (χ0) is 18.4. The van der Waals surface area contributed by atoms with Gasteiger partial charge in [-0.3, -0.25) is 4.79 Å². The van der Waals surface area contributed by atoms with Gasteiger partial charge in [0.25, 0.3) is 5.91 Å². The lowest BCUT2D eigenvalue weighted by Crippen LogP contribution is -2.48. The first-order chi connectivity index (χ1) is 11.9. The Bertz CT molecular complexity index is 653. The summed E-state index contributed by atoms with van der Waals surface area (Å²) in [6, 6.07) is 7.32. The van der Waals surface area contributed by atoms with E-state index in [2.05, 4.69) is 18.3 Å². The Morgan fingerprint density at radius 2 is 2.28 bits per heavy atom. The number of hydrogen-bond acceptors (Lipinski definition) is 4. The molecule has 1 amide bonds. The number of nitrogens with zero attached hydrogens (tertiary/aromatic N) is 1. The van der Waals surface area contributed by atoms with Crippen molar-refractivity contribution in [2.24, 2.45) is 5.92 Å². The highest BCUT2D eigenvalue weighted by molar-refractivity contribution is 5.98. The van der Waals surface area contributed by atoms with Crippen LogP contribution in [0.2, 0.25) is 0 Å². The minimum absolute atomic E-state index is 0.0764. The molecule has 0 aromatic heterocycles. The molecule has 1 aliphatic rings. The average molecular weight is 344 g/mol. The number of amides is 1. The summed E-state index contributed by atoms with van der Waals surface area (Å²) in [5.41, 5.74) is 0.0824. The van der Waals surface area contributed by atoms with Crippen molar-refractivity contribution in [1.29, 1.82) is 5.26 Å². The third-order valence-corrected chi connectivity index (χ3v) is 5.03. The second-order valence-corrected chi connectivity index (χ2v) is 7.01. The van der Waals surface area contributed by atoms with Crippen LogP contribution in [0.15, 0.2) is 18.2 Å². The summed E-state index contributed by atoms with van der Waals surface area (Å²) in [6.45, 7) is 6.16. The predicted molar refractivity (Wildman–Crippen MR) is 97.5 cm³/mol. The predicted octanol–water partition coefficient (Wildman–Crippen LogP) is 4.27. The molecule has 2 rings (SSSR count). The van der Waals surface area contributed by atoms with Gasteiger partial charge in [0.2, 0.25) is 0 Å². The van der Waals surface area contributed by atoms with E-state index in [0.29, 0.717) is 35.8 Å². The molecule has 1 aromatic carbocycles. The topological polar surface area (TPSA) is 71.3 Å². The van der Waals surface area contributed by atoms with Crippen LogP contribution >= 0.6 is 0 Å². The minimum atomic E-state index is -0.809. The van der Waals surface area contributed by atoms with Gasteiger partial charge in [-0.25, -0.2) is 0 Å². The SMILES string of the molecule is CC[C@@H](C)Oc1ccc(NC(=O)[C@@]2(OC)CCC[C@@H](C)C2)c(C#N)c1. The van der Waals surface area contributed by atoms with E-state index in [1.54, 1.807) is 25.3 Å². The molecule has 1 aliphatic carbocycles. The molecule has 3 atom stereocenters. The molecule has 0 unspecified atom stereocenters. The molecule has 5 nitrogen and oxygen atoms in total. The summed E-state index contributed by atoms with van der Waals surface area (Å²) in [5, 5.41) is 12.3. The first kappa shape index (κ1) is 19.3. The molecule has 1 fully saturated rings. The third kappa shape index (κ3) is 4.52. The Hall–Kier alpha value is -2.06. The fourth-order valence-electron chi connectivity index (χ4n) is 3.34. The van der Waals surface area contributed by atoms with E-state index in [4.69, 9.17) is 9.47 Å². The van der Waals surface area contributed by atoms with Crippen LogP contribution in [0.25, 0.3) is 0 Å². The van der Waals surface area contributed by atoms with E-state index < -0.39 is 5.60 Å². The molecule has 0 spiro atoms. The lowest BCUT2D eigenvalue weighted by Gasteiger charge is -2.37. The second kappa shape index (κ2) is 8.35. The van der Waals surface area contributed by atoms with Gasteiger partial charge in [0.05, 0.1) is 17.4 Å². The quantitative estimate of drug-likeness (QED) is 0.836. The molecule has 1 saturated carbocycles. The summed E-state index contributed by atoms with van der Waals surface area (Å²) in [5.74, 6) is 0.909. The zero-order valence-corrected chi connectivity index (χ0v) is 15.6. The first-order valence-electron chi connectivity index (χ1n) is 9.01. The largest absolute Gasteiger partial charge is 0.491 e. The maximum atomic E-state index is 12.9. The highest BCUT2D eigenvalue weighted by Crippen LogP contribution is 2.36. The van der Waals surface area contributed by atoms with Crippen LogP contribution in [0.3, 0.4) is 0 Å². The Balaban J connectivity index is 2.18. The molecule has 1 aromatic rings. The number of nitriles is 1. The molecule has 136 valence electrons. The number of carbonyl (C=O) groups excluding carboxylic acids is 1. The van der Waals surface area contributed by atoms with Gasteiger partial charge < -0.3 is 14.8 Å². The van der Waals surface area contributed by atoms with Gasteiger partial charge in [0, 0.05) is 13.2 Å². The molecule has 1 N–H and O–H groups in total. The molecule has 0 radical (unpaired) electrons. The second-order valence-electron chi connectivity index (χ2n) is 7.01. The van der Waals surface area contributed by atoms with Crippen LogP contribution in [-0.4, -0.2) is 24.7 Å². The molecule has 5 heteroatoms. The van der Waals surface area contributed by atoms with Crippen molar-refractivity contribution in [2.45, 2.75) is 64.6 Å². The Labute approximate surface area is 150 Å². The number of methoxy groups -OCH3 is 1. The lowest BCUT2D eigenvalue weighted by molar-refractivity contribution is -0.143. The van der Waals surface area contributed by atoms with Crippen LogP contribution in [0.5, 0.6) is 5.75 Å². The van der Waals surface area contributed by atoms with Gasteiger partial charge in [0.1, 0.15) is 17.4 Å². The van der Waals surface area contributed by atoms with Gasteiger partial charge in [-0.05, 0) is 50.7 Å². The van der Waals surface area contributed by atoms with E-state index in [-0.39, 0.29) is 12.0 Å². The summed E-state index contributed by atoms with van der Waals surface area (Å²) in [4.78, 5) is 12.9. The van der Waals surface area contributed by atoms with Crippen molar-refractivity contribution in [1.82, 2.24) is 0 Å². The number of nitrogens with one attached hydrogen (secondary N) is 1. The van der Waals surface area contributed by atoms with E-state index in [1.807, 2.05) is 13.8 Å². The highest BCUT2D eigenvalue weighted by Gasteiger charge is 2.42. The number of ether oxygens (including phenoxy) is 2. The van der Waals surface area contributed by atoms with Gasteiger partial charge in [0.15, 0.2) is 0 Å². The summed E-state index contributed by atoms with van der Waals surface area (Å²) in [6.07, 6.45) is 4.45. The van der Waals surface area contributed by atoms with Crippen LogP contribution in [-0.2, 0) is 9.53 Å². The van der Waals surface area contributed by atoms with Gasteiger partial charge >= 0.3 is 0 Å². The molecule has 0 saturated heterocycles. The minimum Gasteiger partial charge on any atom is -0.491 e. The maximum Gasteiger partial charge on any atom is 0.256 e. The van der Waals surface area contributed by atoms with Crippen LogP contribution in [0.1, 0.15) is 58.4 Å². The summed E-state index contributed by atoms with van der Waals surface area (Å²) >= 11 is 0. The van der Waals surface area contributed by atoms with Crippen molar-refractivity contribution in [3.8, 4) is 11.8 Å². The van der Waals surface area contributed by atoms with Gasteiger partial charge in [-0.2, -0.15) is 5.26 Å². The standard InChI is InChI=1S/C20H28N2O3/c1-5-15(3)25-17-8-9-18(16(11-17)13-21)22-19(23)20(24-4)10-6-7-14(2)12-20/h8-9,11,14-15H,5-7,10,12H2,1-4H3,(H,22,23)/t14-,15-,20-/m1/s1. The number of benzene rings is 1. The van der Waals surface area contributed by atoms with Gasteiger partial charge in [-0.15, -0.1) is 0 Å². The highest BCUT2D eigenvalue weighted by atomic mass is 16.5. The van der Waals surface area contributed by atoms with Crippen molar-refractivity contribution < 1.29 is 14.3 Å². The fourth-order valence-corrected chi connectivity index (χ4v) is 3.34. The van der Waals surface area contributed by atoms with E-state index in [1.165, 1.54) is 0 Å². The summed E-state index contributed by atoms with van der Waals surface area (Å²) in [7, 11) is 1.59. The maximum absolute atomic E-state index is 12.9. The Morgan fingerprint density at radius 1 is 1.52 bits per heavy atom. The summed E-state index contributed by atoms with van der Waals surface area (Å²) < 4.78 is 11.4. The Kier molecular flexibility index (Phi) is 6.44. The molecular weight excluding hydrogens is 316 g/mol. The first-order valence-corrected chi connectivity index (χ1v) is 9.01. The molecule has 0 bridgehead atoms. The number of hydrogen-bond donors (Lipinski definition) is 1. The number of rotatable bonds is 6. The van der Waals surface area contributed by atoms with Crippen molar-refractivity contribution in [3.63, 3.8) is 0 Å². The van der Waals surface area contributed by atoms with Crippen molar-refractivity contribution in [2.75, 3.05) is 12.4 Å². The van der Waals surface area contributed by atoms with Crippen LogP contribution in [0, 0.1) is 17.2 Å². The van der Waals surface area contributed by atoms with Crippen LogP contribution in [0.4, 0.5) is 5.69 Å². The van der Waals surface area contributed by atoms with E-state index in [9.17, 15) is 10.1 Å².